The van der Waals surface area contributed by atoms with Crippen LogP contribution in [0, 0.1) is 5.92 Å². The van der Waals surface area contributed by atoms with E-state index in [1.165, 1.54) is 44.9 Å². The van der Waals surface area contributed by atoms with Crippen LogP contribution in [0.15, 0.2) is 0 Å². The first kappa shape index (κ1) is 29.3. The molecule has 8 heteroatoms. The van der Waals surface area contributed by atoms with Crippen molar-refractivity contribution in [1.82, 2.24) is 0 Å². The summed E-state index contributed by atoms with van der Waals surface area (Å²) >= 11 is 0. The minimum absolute atomic E-state index is 0.0420. The van der Waals surface area contributed by atoms with Crippen molar-refractivity contribution in [3.05, 3.63) is 0 Å². The van der Waals surface area contributed by atoms with Gasteiger partial charge in [-0.3, -0.25) is 4.55 Å². The van der Waals surface area contributed by atoms with Gasteiger partial charge in [0.2, 0.25) is 0 Å². The Bertz CT molecular complexity index is 588. The van der Waals surface area contributed by atoms with E-state index in [9.17, 15) is 23.4 Å². The molecule has 0 fully saturated rings. The van der Waals surface area contributed by atoms with E-state index in [0.717, 1.165) is 19.3 Å². The van der Waals surface area contributed by atoms with Crippen molar-refractivity contribution in [2.24, 2.45) is 5.92 Å². The van der Waals surface area contributed by atoms with Crippen molar-refractivity contribution in [2.75, 3.05) is 26.4 Å². The Labute approximate surface area is 184 Å². The Morgan fingerprint density at radius 2 is 1.40 bits per heavy atom. The van der Waals surface area contributed by atoms with Crippen LogP contribution in [0.1, 0.15) is 91.4 Å². The van der Waals surface area contributed by atoms with E-state index >= 15 is 0 Å². The Morgan fingerprint density at radius 1 is 0.967 bits per heavy atom. The van der Waals surface area contributed by atoms with Gasteiger partial charge in [0.15, 0.2) is 0 Å². The zero-order chi connectivity index (χ0) is 23.4. The molecular weight excluding hydrogens is 406 g/mol. The van der Waals surface area contributed by atoms with Gasteiger partial charge in [-0.25, -0.2) is 0 Å². The summed E-state index contributed by atoms with van der Waals surface area (Å²) in [6.45, 7) is 5.61. The molecule has 0 aliphatic carbocycles. The van der Waals surface area contributed by atoms with Crippen LogP contribution < -0.4 is 5.11 Å². The number of hydrogen-bond acceptors (Lipinski definition) is 5. The summed E-state index contributed by atoms with van der Waals surface area (Å²) in [6.07, 6.45) is 11.1. The fourth-order valence-electron chi connectivity index (χ4n) is 3.71. The number of likely N-dealkylation sites (N-methyl/N-ethyl adjacent to an activating group) is 1. The Morgan fingerprint density at radius 3 is 1.80 bits per heavy atom. The molecule has 0 saturated carbocycles. The van der Waals surface area contributed by atoms with E-state index in [2.05, 4.69) is 6.92 Å². The van der Waals surface area contributed by atoms with Crippen LogP contribution >= 0.6 is 0 Å². The molecule has 0 rings (SSSR count). The highest BCUT2D eigenvalue weighted by Crippen LogP contribution is 2.26. The Hall–Kier alpha value is -0.700. The normalized spacial score (nSPS) is 15.2. The molecule has 0 aliphatic rings. The number of unbranched alkanes of at least 4 members (excludes halogenated alkanes) is 9. The first-order valence-corrected chi connectivity index (χ1v) is 13.0. The number of rotatable bonds is 18. The smallest absolute Gasteiger partial charge is 0.267 e. The molecule has 180 valence electrons. The van der Waals surface area contributed by atoms with Crippen LogP contribution in [0.4, 0.5) is 0 Å². The summed E-state index contributed by atoms with van der Waals surface area (Å²) in [5.74, 6) is -2.37. The third-order valence-corrected chi connectivity index (χ3v) is 7.32. The molecule has 0 aromatic heterocycles. The molecule has 0 aromatic carbocycles. The quantitative estimate of drug-likeness (QED) is 0.188. The average Bonchev–Trinajstić information content (AvgIpc) is 2.60. The van der Waals surface area contributed by atoms with Crippen molar-refractivity contribution >= 4 is 16.1 Å². The second-order valence-corrected chi connectivity index (χ2v) is 11.3. The number of nitrogens with zero attached hydrogens (tertiary/aromatic N) is 1. The minimum Gasteiger partial charge on any atom is -0.544 e. The van der Waals surface area contributed by atoms with Gasteiger partial charge >= 0.3 is 0 Å². The SMILES string of the molecule is CCCCCCCCCCCCC(C[N+](C)(C)C(C)(C)C(=O)[O-])C(O)CS(=O)(=O)O. The topological polar surface area (TPSA) is 115 Å². The van der Waals surface area contributed by atoms with Crippen molar-refractivity contribution in [1.29, 1.82) is 0 Å². The number of quaternary nitrogens is 1. The van der Waals surface area contributed by atoms with Crippen LogP contribution in [0.25, 0.3) is 0 Å². The number of aliphatic hydroxyl groups excluding tert-OH is 1. The number of hydrogen-bond donors (Lipinski definition) is 2. The van der Waals surface area contributed by atoms with Crippen molar-refractivity contribution < 1.29 is 32.5 Å². The average molecular weight is 452 g/mol. The zero-order valence-corrected chi connectivity index (χ0v) is 20.5. The highest BCUT2D eigenvalue weighted by Gasteiger charge is 2.41. The van der Waals surface area contributed by atoms with E-state index in [0.29, 0.717) is 6.42 Å². The van der Waals surface area contributed by atoms with Crippen LogP contribution in [-0.2, 0) is 14.9 Å². The van der Waals surface area contributed by atoms with Crippen LogP contribution in [0.3, 0.4) is 0 Å². The summed E-state index contributed by atoms with van der Waals surface area (Å²) in [7, 11) is -0.839. The third kappa shape index (κ3) is 11.6. The molecule has 0 heterocycles. The van der Waals surface area contributed by atoms with Crippen molar-refractivity contribution in [3.8, 4) is 0 Å². The first-order valence-electron chi connectivity index (χ1n) is 11.4. The van der Waals surface area contributed by atoms with Gasteiger partial charge in [-0.05, 0) is 20.3 Å². The molecule has 2 unspecified atom stereocenters. The van der Waals surface area contributed by atoms with Gasteiger partial charge in [-0.1, -0.05) is 71.1 Å². The first-order chi connectivity index (χ1) is 13.7. The maximum Gasteiger partial charge on any atom is 0.267 e. The third-order valence-electron chi connectivity index (χ3n) is 6.56. The van der Waals surface area contributed by atoms with Crippen LogP contribution in [0.5, 0.6) is 0 Å². The van der Waals surface area contributed by atoms with Gasteiger partial charge in [0.25, 0.3) is 10.1 Å². The highest BCUT2D eigenvalue weighted by atomic mass is 32.2. The molecule has 2 N–H and O–H groups in total. The van der Waals surface area contributed by atoms with E-state index < -0.39 is 39.4 Å². The molecule has 30 heavy (non-hydrogen) atoms. The Kier molecular flexibility index (Phi) is 13.3. The number of aliphatic hydroxyl groups is 1. The lowest BCUT2D eigenvalue weighted by Crippen LogP contribution is -2.66. The lowest BCUT2D eigenvalue weighted by atomic mass is 9.91. The van der Waals surface area contributed by atoms with Crippen LogP contribution in [0.2, 0.25) is 0 Å². The van der Waals surface area contributed by atoms with Gasteiger partial charge in [0.1, 0.15) is 17.3 Å². The van der Waals surface area contributed by atoms with Gasteiger partial charge in [-0.2, -0.15) is 8.42 Å². The van der Waals surface area contributed by atoms with E-state index in [4.69, 9.17) is 4.55 Å². The molecule has 2 atom stereocenters. The number of aliphatic carboxylic acids is 1. The van der Waals surface area contributed by atoms with Gasteiger partial charge < -0.3 is 19.5 Å². The fourth-order valence-corrected chi connectivity index (χ4v) is 4.42. The van der Waals surface area contributed by atoms with Crippen molar-refractivity contribution in [3.63, 3.8) is 0 Å². The molecule has 0 spiro atoms. The van der Waals surface area contributed by atoms with Gasteiger partial charge in [-0.15, -0.1) is 0 Å². The number of carbonyl (C=O) groups excluding carboxylic acids is 1. The summed E-state index contributed by atoms with van der Waals surface area (Å²) in [4.78, 5) is 11.6. The standard InChI is InChI=1S/C22H45NO6S/c1-6-7-8-9-10-11-12-13-14-15-16-19(20(24)18-30(27,28)29)17-23(4,5)22(2,3)21(25)26/h19-20,24H,6-18H2,1-5H3,(H-,25,26,27,28,29). The van der Waals surface area contributed by atoms with E-state index in [1.807, 2.05) is 0 Å². The van der Waals surface area contributed by atoms with Gasteiger partial charge in [0, 0.05) is 5.92 Å². The van der Waals surface area contributed by atoms with E-state index in [1.54, 1.807) is 27.9 Å². The molecule has 0 aromatic rings. The minimum atomic E-state index is -4.31. The highest BCUT2D eigenvalue weighted by molar-refractivity contribution is 7.85. The lowest BCUT2D eigenvalue weighted by molar-refractivity contribution is -0.933. The van der Waals surface area contributed by atoms with Gasteiger partial charge in [0.05, 0.1) is 26.7 Å². The second-order valence-electron chi connectivity index (χ2n) is 9.76. The summed E-state index contributed by atoms with van der Waals surface area (Å²) < 4.78 is 31.7. The summed E-state index contributed by atoms with van der Waals surface area (Å²) in [5, 5.41) is 22.0. The molecule has 7 nitrogen and oxygen atoms in total. The summed E-state index contributed by atoms with van der Waals surface area (Å²) in [6, 6.07) is 0. The zero-order valence-electron chi connectivity index (χ0n) is 19.7. The number of carboxylic acid groups (broad SMARTS) is 1. The predicted molar refractivity (Wildman–Crippen MR) is 118 cm³/mol. The second kappa shape index (κ2) is 13.7. The predicted octanol–water partition coefficient (Wildman–Crippen LogP) is 2.77. The fraction of sp³-hybridized carbons (Fsp3) is 0.955. The monoisotopic (exact) mass is 451 g/mol. The Balaban J connectivity index is 4.69. The molecule has 0 saturated heterocycles. The summed E-state index contributed by atoms with van der Waals surface area (Å²) in [5.41, 5.74) is -1.20. The maximum absolute atomic E-state index is 11.6. The molecule has 0 radical (unpaired) electrons. The van der Waals surface area contributed by atoms with E-state index in [-0.39, 0.29) is 11.0 Å². The number of carbonyl (C=O) groups is 1. The largest absolute Gasteiger partial charge is 0.544 e. The molecule has 0 aliphatic heterocycles. The maximum atomic E-state index is 11.6. The number of carboxylic acids is 1. The van der Waals surface area contributed by atoms with Crippen LogP contribution in [-0.4, -0.2) is 66.6 Å². The van der Waals surface area contributed by atoms with Crippen molar-refractivity contribution in [2.45, 2.75) is 103 Å². The molecule has 0 bridgehead atoms. The molecular formula is C22H45NO6S. The lowest BCUT2D eigenvalue weighted by Gasteiger charge is -2.47. The molecule has 0 amide bonds.